The van der Waals surface area contributed by atoms with E-state index >= 15 is 0 Å². The van der Waals surface area contributed by atoms with Crippen molar-refractivity contribution in [3.05, 3.63) is 59.9 Å². The Bertz CT molecular complexity index is 976. The highest BCUT2D eigenvalue weighted by molar-refractivity contribution is 5.92. The number of carbonyl (C=O) groups excluding carboxylic acids is 2. The average molecular weight is 367 g/mol. The standard InChI is InChI=1S/C20H17NO6/c1-12(17-8-13-4-2-3-5-15(13)27-17)21-19(22)10-24-20(23)14-6-7-16-18(9-14)26-11-25-16/h2-9,12H,10-11H2,1H3,(H,21,22)/t12-/m1/s1. The molecular formula is C20H17NO6. The van der Waals surface area contributed by atoms with E-state index in [-0.39, 0.29) is 18.4 Å². The molecule has 0 unspecified atom stereocenters. The van der Waals surface area contributed by atoms with Crippen LogP contribution in [-0.4, -0.2) is 25.3 Å². The summed E-state index contributed by atoms with van der Waals surface area (Å²) in [5, 5.41) is 3.71. The van der Waals surface area contributed by atoms with Gasteiger partial charge in [0.25, 0.3) is 5.91 Å². The van der Waals surface area contributed by atoms with Crippen molar-refractivity contribution in [3.8, 4) is 11.5 Å². The minimum atomic E-state index is -0.611. The lowest BCUT2D eigenvalue weighted by Gasteiger charge is -2.11. The minimum Gasteiger partial charge on any atom is -0.459 e. The minimum absolute atomic E-state index is 0.121. The van der Waals surface area contributed by atoms with Crippen molar-refractivity contribution in [2.45, 2.75) is 13.0 Å². The Hall–Kier alpha value is -3.48. The second-order valence-electron chi connectivity index (χ2n) is 6.12. The highest BCUT2D eigenvalue weighted by atomic mass is 16.7. The van der Waals surface area contributed by atoms with Gasteiger partial charge in [0.15, 0.2) is 18.1 Å². The van der Waals surface area contributed by atoms with Crippen LogP contribution >= 0.6 is 0 Å². The van der Waals surface area contributed by atoms with Gasteiger partial charge in [-0.1, -0.05) is 18.2 Å². The number of amides is 1. The van der Waals surface area contributed by atoms with Gasteiger partial charge in [-0.3, -0.25) is 4.79 Å². The number of esters is 1. The number of furan rings is 1. The zero-order valence-corrected chi connectivity index (χ0v) is 14.6. The Kier molecular flexibility index (Phi) is 4.42. The molecule has 0 aliphatic carbocycles. The fraction of sp³-hybridized carbons (Fsp3) is 0.200. The number of benzene rings is 2. The first-order valence-corrected chi connectivity index (χ1v) is 8.45. The number of hydrogen-bond acceptors (Lipinski definition) is 6. The zero-order valence-electron chi connectivity index (χ0n) is 14.6. The van der Waals surface area contributed by atoms with Crippen molar-refractivity contribution in [3.63, 3.8) is 0 Å². The lowest BCUT2D eigenvalue weighted by molar-refractivity contribution is -0.125. The molecule has 0 spiro atoms. The number of nitrogens with one attached hydrogen (secondary N) is 1. The summed E-state index contributed by atoms with van der Waals surface area (Å²) in [5.41, 5.74) is 1.04. The lowest BCUT2D eigenvalue weighted by atomic mass is 10.2. The largest absolute Gasteiger partial charge is 0.459 e. The van der Waals surface area contributed by atoms with Crippen LogP contribution < -0.4 is 14.8 Å². The molecule has 7 heteroatoms. The van der Waals surface area contributed by atoms with Crippen LogP contribution in [0.1, 0.15) is 29.1 Å². The van der Waals surface area contributed by atoms with Gasteiger partial charge < -0.3 is 23.9 Å². The van der Waals surface area contributed by atoms with Crippen molar-refractivity contribution < 1.29 is 28.2 Å². The maximum Gasteiger partial charge on any atom is 0.338 e. The monoisotopic (exact) mass is 367 g/mol. The Morgan fingerprint density at radius 3 is 2.78 bits per heavy atom. The van der Waals surface area contributed by atoms with Crippen LogP contribution in [0.4, 0.5) is 0 Å². The van der Waals surface area contributed by atoms with Gasteiger partial charge in [0.05, 0.1) is 11.6 Å². The third kappa shape index (κ3) is 3.57. The number of fused-ring (bicyclic) bond motifs is 2. The number of rotatable bonds is 5. The molecular weight excluding hydrogens is 350 g/mol. The van der Waals surface area contributed by atoms with E-state index in [2.05, 4.69) is 5.32 Å². The third-order valence-electron chi connectivity index (χ3n) is 4.19. The van der Waals surface area contributed by atoms with Crippen molar-refractivity contribution >= 4 is 22.8 Å². The average Bonchev–Trinajstić information content (AvgIpc) is 3.31. The molecule has 138 valence electrons. The van der Waals surface area contributed by atoms with Gasteiger partial charge in [0.1, 0.15) is 11.3 Å². The molecule has 0 fully saturated rings. The number of para-hydroxylation sites is 1. The van der Waals surface area contributed by atoms with Crippen LogP contribution in [0.25, 0.3) is 11.0 Å². The van der Waals surface area contributed by atoms with Crippen LogP contribution in [0.2, 0.25) is 0 Å². The molecule has 1 amide bonds. The molecule has 2 heterocycles. The van der Waals surface area contributed by atoms with E-state index in [4.69, 9.17) is 18.6 Å². The SMILES string of the molecule is C[C@@H](NC(=O)COC(=O)c1ccc2c(c1)OCO2)c1cc2ccccc2o1. The summed E-state index contributed by atoms with van der Waals surface area (Å²) in [6.45, 7) is 1.53. The molecule has 0 radical (unpaired) electrons. The summed E-state index contributed by atoms with van der Waals surface area (Å²) in [6.07, 6.45) is 0. The van der Waals surface area contributed by atoms with Gasteiger partial charge >= 0.3 is 5.97 Å². The van der Waals surface area contributed by atoms with E-state index in [1.54, 1.807) is 19.1 Å². The predicted molar refractivity (Wildman–Crippen MR) is 95.6 cm³/mol. The molecule has 0 saturated heterocycles. The Labute approximate surface area is 154 Å². The highest BCUT2D eigenvalue weighted by Gasteiger charge is 2.19. The third-order valence-corrected chi connectivity index (χ3v) is 4.19. The lowest BCUT2D eigenvalue weighted by Crippen LogP contribution is -2.31. The van der Waals surface area contributed by atoms with Crippen molar-refractivity contribution in [2.75, 3.05) is 13.4 Å². The molecule has 0 saturated carbocycles. The van der Waals surface area contributed by atoms with Crippen LogP contribution in [0.15, 0.2) is 52.9 Å². The highest BCUT2D eigenvalue weighted by Crippen LogP contribution is 2.32. The van der Waals surface area contributed by atoms with Crippen LogP contribution in [0.5, 0.6) is 11.5 Å². The van der Waals surface area contributed by atoms with Gasteiger partial charge in [-0.15, -0.1) is 0 Å². The van der Waals surface area contributed by atoms with E-state index in [9.17, 15) is 9.59 Å². The van der Waals surface area contributed by atoms with E-state index in [0.717, 1.165) is 11.0 Å². The topological polar surface area (TPSA) is 87.0 Å². The predicted octanol–water partition coefficient (Wildman–Crippen LogP) is 3.20. The molecule has 3 aromatic rings. The first-order valence-electron chi connectivity index (χ1n) is 8.45. The van der Waals surface area contributed by atoms with Crippen LogP contribution in [0, 0.1) is 0 Å². The normalized spacial score (nSPS) is 13.4. The quantitative estimate of drug-likeness (QED) is 0.697. The maximum atomic E-state index is 12.1. The number of carbonyl (C=O) groups is 2. The summed E-state index contributed by atoms with van der Waals surface area (Å²) in [7, 11) is 0. The van der Waals surface area contributed by atoms with E-state index in [1.165, 1.54) is 6.07 Å². The number of ether oxygens (including phenoxy) is 3. The smallest absolute Gasteiger partial charge is 0.338 e. The van der Waals surface area contributed by atoms with Gasteiger partial charge in [-0.2, -0.15) is 0 Å². The zero-order chi connectivity index (χ0) is 18.8. The summed E-state index contributed by atoms with van der Waals surface area (Å²) in [5.74, 6) is 0.653. The molecule has 1 N–H and O–H groups in total. The molecule has 1 atom stereocenters. The molecule has 27 heavy (non-hydrogen) atoms. The fourth-order valence-corrected chi connectivity index (χ4v) is 2.81. The first kappa shape index (κ1) is 17.0. The van der Waals surface area contributed by atoms with Crippen molar-refractivity contribution in [1.29, 1.82) is 0 Å². The summed E-state index contributed by atoms with van der Waals surface area (Å²) in [4.78, 5) is 24.2. The molecule has 1 aliphatic heterocycles. The second-order valence-corrected chi connectivity index (χ2v) is 6.12. The van der Waals surface area contributed by atoms with Gasteiger partial charge in [-0.25, -0.2) is 4.79 Å². The fourth-order valence-electron chi connectivity index (χ4n) is 2.81. The summed E-state index contributed by atoms with van der Waals surface area (Å²) in [6, 6.07) is 13.8. The molecule has 7 nitrogen and oxygen atoms in total. The van der Waals surface area contributed by atoms with Crippen LogP contribution in [-0.2, 0) is 9.53 Å². The molecule has 1 aromatic heterocycles. The van der Waals surface area contributed by atoms with Gasteiger partial charge in [0.2, 0.25) is 6.79 Å². The molecule has 4 rings (SSSR count). The Balaban J connectivity index is 1.33. The molecule has 1 aliphatic rings. The molecule has 2 aromatic carbocycles. The van der Waals surface area contributed by atoms with Crippen LogP contribution in [0.3, 0.4) is 0 Å². The Morgan fingerprint density at radius 2 is 1.93 bits per heavy atom. The summed E-state index contributed by atoms with van der Waals surface area (Å²) >= 11 is 0. The Morgan fingerprint density at radius 1 is 1.11 bits per heavy atom. The van der Waals surface area contributed by atoms with Crippen molar-refractivity contribution in [1.82, 2.24) is 5.32 Å². The molecule has 0 bridgehead atoms. The first-order chi connectivity index (χ1) is 13.1. The van der Waals surface area contributed by atoms with Gasteiger partial charge in [-0.05, 0) is 37.3 Å². The second kappa shape index (κ2) is 7.03. The summed E-state index contributed by atoms with van der Waals surface area (Å²) < 4.78 is 21.2. The maximum absolute atomic E-state index is 12.1. The van der Waals surface area contributed by atoms with E-state index in [1.807, 2.05) is 30.3 Å². The van der Waals surface area contributed by atoms with E-state index < -0.39 is 18.5 Å². The van der Waals surface area contributed by atoms with E-state index in [0.29, 0.717) is 17.3 Å². The van der Waals surface area contributed by atoms with Gasteiger partial charge in [0, 0.05) is 5.39 Å². The van der Waals surface area contributed by atoms with Crippen molar-refractivity contribution in [2.24, 2.45) is 0 Å². The number of hydrogen-bond donors (Lipinski definition) is 1.